The molecule has 1 N–H and O–H groups in total. The number of hydrogen-bond acceptors (Lipinski definition) is 4. The minimum Gasteiger partial charge on any atom is -0.507 e. The monoisotopic (exact) mass is 314 g/mol. The molecule has 6 heteroatoms. The number of carbonyl (C=O) groups excluding carboxylic acids is 1. The van der Waals surface area contributed by atoms with Gasteiger partial charge in [0, 0.05) is 0 Å². The van der Waals surface area contributed by atoms with Gasteiger partial charge < -0.3 is 5.11 Å². The Bertz CT molecular complexity index is 701. The highest BCUT2D eigenvalue weighted by molar-refractivity contribution is 6.06. The van der Waals surface area contributed by atoms with Crippen LogP contribution in [0.2, 0.25) is 0 Å². The normalized spacial score (nSPS) is 10.3. The maximum atomic E-state index is 12.6. The van der Waals surface area contributed by atoms with Gasteiger partial charge in [-0.1, -0.05) is 37.6 Å². The predicted octanol–water partition coefficient (Wildman–Crippen LogP) is 3.57. The molecule has 0 aromatic heterocycles. The second-order valence-electron chi connectivity index (χ2n) is 5.15. The first-order valence-electron chi connectivity index (χ1n) is 7.40. The number of nitro groups is 1. The number of hydrazine groups is 1. The van der Waals surface area contributed by atoms with Crippen molar-refractivity contribution in [2.75, 3.05) is 5.01 Å². The van der Waals surface area contributed by atoms with Crippen molar-refractivity contribution in [1.29, 1.82) is 0 Å². The van der Waals surface area contributed by atoms with E-state index in [4.69, 9.17) is 0 Å². The molecule has 0 aliphatic rings. The van der Waals surface area contributed by atoms with E-state index in [9.17, 15) is 20.0 Å². The fraction of sp³-hybridized carbons (Fsp3) is 0.235. The Morgan fingerprint density at radius 3 is 2.52 bits per heavy atom. The number of rotatable bonds is 6. The van der Waals surface area contributed by atoms with Crippen LogP contribution in [-0.4, -0.2) is 16.0 Å². The van der Waals surface area contributed by atoms with Crippen molar-refractivity contribution < 1.29 is 14.9 Å². The van der Waals surface area contributed by atoms with Crippen LogP contribution in [-0.2, 0) is 6.42 Å². The van der Waals surface area contributed by atoms with Gasteiger partial charge in [-0.3, -0.25) is 4.79 Å². The molecule has 0 spiro atoms. The first-order chi connectivity index (χ1) is 11.0. The highest BCUT2D eigenvalue weighted by Crippen LogP contribution is 2.24. The van der Waals surface area contributed by atoms with Crippen LogP contribution in [0.5, 0.6) is 5.75 Å². The van der Waals surface area contributed by atoms with Gasteiger partial charge in [-0.05, 0) is 47.7 Å². The fourth-order valence-corrected chi connectivity index (χ4v) is 2.26. The first kappa shape index (κ1) is 16.5. The van der Waals surface area contributed by atoms with E-state index in [1.54, 1.807) is 24.3 Å². The number of hydrogen-bond donors (Lipinski definition) is 1. The number of para-hydroxylation sites is 1. The van der Waals surface area contributed by atoms with Gasteiger partial charge >= 0.3 is 5.91 Å². The number of phenolic OH excluding ortho intramolecular Hbond substituents is 1. The summed E-state index contributed by atoms with van der Waals surface area (Å²) < 4.78 is 0. The molecule has 2 rings (SSSR count). The third kappa shape index (κ3) is 3.85. The molecule has 0 heterocycles. The van der Waals surface area contributed by atoms with E-state index < -0.39 is 10.9 Å². The maximum absolute atomic E-state index is 12.6. The Balaban J connectivity index is 2.39. The van der Waals surface area contributed by atoms with E-state index in [2.05, 4.69) is 6.92 Å². The van der Waals surface area contributed by atoms with Gasteiger partial charge in [0.1, 0.15) is 11.4 Å². The number of unbranched alkanes of at least 4 members (excludes halogenated alkanes) is 1. The molecule has 0 radical (unpaired) electrons. The largest absolute Gasteiger partial charge is 0.507 e. The Hall–Kier alpha value is -2.89. The molecule has 1 amide bonds. The molecule has 120 valence electrons. The summed E-state index contributed by atoms with van der Waals surface area (Å²) in [4.78, 5) is 23.9. The zero-order valence-electron chi connectivity index (χ0n) is 12.8. The summed E-state index contributed by atoms with van der Waals surface area (Å²) in [5, 5.41) is 20.9. The second kappa shape index (κ2) is 7.40. The van der Waals surface area contributed by atoms with Crippen molar-refractivity contribution >= 4 is 11.6 Å². The molecule has 23 heavy (non-hydrogen) atoms. The maximum Gasteiger partial charge on any atom is 0.323 e. The van der Waals surface area contributed by atoms with Crippen LogP contribution in [0.15, 0.2) is 48.5 Å². The van der Waals surface area contributed by atoms with Gasteiger partial charge in [-0.15, -0.1) is 0 Å². The van der Waals surface area contributed by atoms with Gasteiger partial charge in [0.2, 0.25) is 0 Å². The first-order valence-corrected chi connectivity index (χ1v) is 7.40. The third-order valence-electron chi connectivity index (χ3n) is 3.47. The van der Waals surface area contributed by atoms with E-state index in [0.717, 1.165) is 24.8 Å². The van der Waals surface area contributed by atoms with E-state index in [1.165, 1.54) is 24.3 Å². The Kier molecular flexibility index (Phi) is 5.30. The van der Waals surface area contributed by atoms with Crippen molar-refractivity contribution in [2.45, 2.75) is 26.2 Å². The van der Waals surface area contributed by atoms with Gasteiger partial charge in [0.25, 0.3) is 0 Å². The van der Waals surface area contributed by atoms with E-state index in [-0.39, 0.29) is 17.0 Å². The molecular formula is C17H18N2O4. The Morgan fingerprint density at radius 1 is 1.22 bits per heavy atom. The predicted molar refractivity (Wildman–Crippen MR) is 87.0 cm³/mol. The van der Waals surface area contributed by atoms with Crippen LogP contribution in [0, 0.1) is 10.1 Å². The Labute approximate surface area is 134 Å². The molecule has 0 saturated heterocycles. The fourth-order valence-electron chi connectivity index (χ4n) is 2.26. The number of carbonyl (C=O) groups is 1. The zero-order valence-corrected chi connectivity index (χ0v) is 12.8. The lowest BCUT2D eigenvalue weighted by Gasteiger charge is -2.14. The lowest BCUT2D eigenvalue weighted by atomic mass is 10.0. The minimum absolute atomic E-state index is 0.0702. The number of aryl methyl sites for hydroxylation is 1. The number of benzene rings is 2. The standard InChI is InChI=1S/C17H18N2O4/c1-2-3-7-13-10-11-16(20)15(12-13)17(21)18(19(22)23)14-8-5-4-6-9-14/h4-6,8-12,20H,2-3,7H2,1H3. The zero-order chi connectivity index (χ0) is 16.8. The van der Waals surface area contributed by atoms with Crippen LogP contribution in [0.3, 0.4) is 0 Å². The van der Waals surface area contributed by atoms with Gasteiger partial charge in [0.15, 0.2) is 5.03 Å². The summed E-state index contributed by atoms with van der Waals surface area (Å²) in [7, 11) is 0. The summed E-state index contributed by atoms with van der Waals surface area (Å²) in [5.41, 5.74) is 0.935. The van der Waals surface area contributed by atoms with Crippen LogP contribution in [0.25, 0.3) is 0 Å². The lowest BCUT2D eigenvalue weighted by molar-refractivity contribution is -0.481. The van der Waals surface area contributed by atoms with E-state index >= 15 is 0 Å². The highest BCUT2D eigenvalue weighted by Gasteiger charge is 2.30. The summed E-state index contributed by atoms with van der Waals surface area (Å²) in [6.07, 6.45) is 2.69. The molecule has 0 aliphatic heterocycles. The van der Waals surface area contributed by atoms with Gasteiger partial charge in [-0.2, -0.15) is 0 Å². The molecule has 2 aromatic carbocycles. The topological polar surface area (TPSA) is 83.7 Å². The second-order valence-corrected chi connectivity index (χ2v) is 5.15. The SMILES string of the molecule is CCCCc1ccc(O)c(C(=O)N(c2ccccc2)[N+](=O)[O-])c1. The van der Waals surface area contributed by atoms with Gasteiger partial charge in [0.05, 0.1) is 5.56 Å². The number of aromatic hydroxyl groups is 1. The van der Waals surface area contributed by atoms with Crippen molar-refractivity contribution in [3.05, 3.63) is 69.8 Å². The molecule has 0 bridgehead atoms. The molecule has 6 nitrogen and oxygen atoms in total. The molecular weight excluding hydrogens is 296 g/mol. The van der Waals surface area contributed by atoms with Crippen LogP contribution < -0.4 is 5.01 Å². The van der Waals surface area contributed by atoms with Crippen molar-refractivity contribution in [2.24, 2.45) is 0 Å². The van der Waals surface area contributed by atoms with Crippen molar-refractivity contribution in [3.63, 3.8) is 0 Å². The van der Waals surface area contributed by atoms with Crippen LogP contribution >= 0.6 is 0 Å². The summed E-state index contributed by atoms with van der Waals surface area (Å²) in [6.45, 7) is 2.05. The number of amides is 1. The number of phenols is 1. The lowest BCUT2D eigenvalue weighted by Crippen LogP contribution is -2.36. The number of anilines is 1. The number of nitrogens with zero attached hydrogens (tertiary/aromatic N) is 2. The average Bonchev–Trinajstić information content (AvgIpc) is 2.54. The summed E-state index contributed by atoms with van der Waals surface area (Å²) >= 11 is 0. The summed E-state index contributed by atoms with van der Waals surface area (Å²) in [5.74, 6) is -1.13. The van der Waals surface area contributed by atoms with Crippen LogP contribution in [0.4, 0.5) is 5.69 Å². The highest BCUT2D eigenvalue weighted by atomic mass is 16.7. The smallest absolute Gasteiger partial charge is 0.323 e. The molecule has 0 atom stereocenters. The molecule has 0 aliphatic carbocycles. The Morgan fingerprint density at radius 2 is 1.91 bits per heavy atom. The third-order valence-corrected chi connectivity index (χ3v) is 3.47. The van der Waals surface area contributed by atoms with Crippen molar-refractivity contribution in [1.82, 2.24) is 0 Å². The molecule has 2 aromatic rings. The van der Waals surface area contributed by atoms with Crippen molar-refractivity contribution in [3.8, 4) is 5.75 Å². The quantitative estimate of drug-likeness (QED) is 0.652. The average molecular weight is 314 g/mol. The van der Waals surface area contributed by atoms with Gasteiger partial charge in [-0.25, -0.2) is 10.1 Å². The minimum atomic E-state index is -0.864. The summed E-state index contributed by atoms with van der Waals surface area (Å²) in [6, 6.07) is 12.5. The van der Waals surface area contributed by atoms with E-state index in [0.29, 0.717) is 5.01 Å². The van der Waals surface area contributed by atoms with Crippen LogP contribution in [0.1, 0.15) is 35.7 Å². The molecule has 0 unspecified atom stereocenters. The molecule has 0 saturated carbocycles. The van der Waals surface area contributed by atoms with E-state index in [1.807, 2.05) is 0 Å². The molecule has 0 fully saturated rings.